The number of rotatable bonds is 5. The molecule has 0 aromatic heterocycles. The molecule has 140 valence electrons. The first-order chi connectivity index (χ1) is 12.4. The lowest BCUT2D eigenvalue weighted by Crippen LogP contribution is -2.47. The lowest BCUT2D eigenvalue weighted by molar-refractivity contribution is -0.139. The highest BCUT2D eigenvalue weighted by molar-refractivity contribution is 6.36. The van der Waals surface area contributed by atoms with Crippen molar-refractivity contribution in [2.45, 2.75) is 26.1 Å². The van der Waals surface area contributed by atoms with E-state index in [0.29, 0.717) is 41.6 Å². The van der Waals surface area contributed by atoms with Crippen molar-refractivity contribution in [2.24, 2.45) is 0 Å². The second-order valence-corrected chi connectivity index (χ2v) is 7.08. The van der Waals surface area contributed by atoms with Gasteiger partial charge in [-0.15, -0.1) is 0 Å². The fourth-order valence-electron chi connectivity index (χ4n) is 3.48. The molecular weight excluding hydrogens is 356 g/mol. The molecule has 2 heterocycles. The number of carbonyl (C=O) groups excluding carboxylic acids is 2. The van der Waals surface area contributed by atoms with Gasteiger partial charge in [-0.05, 0) is 31.5 Å². The quantitative estimate of drug-likeness (QED) is 0.735. The molecule has 2 amide bonds. The molecule has 0 saturated carbocycles. The maximum absolute atomic E-state index is 13.1. The average Bonchev–Trinajstić information content (AvgIpc) is 2.83. The van der Waals surface area contributed by atoms with Crippen molar-refractivity contribution in [2.75, 3.05) is 33.4 Å². The second kappa shape index (κ2) is 7.78. The summed E-state index contributed by atoms with van der Waals surface area (Å²) in [6, 6.07) is 7.00. The fraction of sp³-hybridized carbons (Fsp3) is 0.474. The van der Waals surface area contributed by atoms with E-state index in [1.165, 1.54) is 4.90 Å². The molecule has 1 fully saturated rings. The van der Waals surface area contributed by atoms with Crippen molar-refractivity contribution in [1.82, 2.24) is 9.80 Å². The number of morpholine rings is 1. The molecule has 1 aromatic carbocycles. The first-order valence-corrected chi connectivity index (χ1v) is 9.06. The molecule has 6 nitrogen and oxygen atoms in total. The van der Waals surface area contributed by atoms with Crippen LogP contribution in [0.4, 0.5) is 0 Å². The van der Waals surface area contributed by atoms with Gasteiger partial charge in [0.2, 0.25) is 0 Å². The Morgan fingerprint density at radius 2 is 1.73 bits per heavy atom. The first kappa shape index (κ1) is 18.9. The predicted molar refractivity (Wildman–Crippen MR) is 98.6 cm³/mol. The Kier molecular flexibility index (Phi) is 5.65. The van der Waals surface area contributed by atoms with Crippen molar-refractivity contribution in [3.8, 4) is 0 Å². The third kappa shape index (κ3) is 3.63. The molecule has 2 unspecified atom stereocenters. The summed E-state index contributed by atoms with van der Waals surface area (Å²) >= 11 is 5.98. The van der Waals surface area contributed by atoms with Gasteiger partial charge >= 0.3 is 0 Å². The van der Waals surface area contributed by atoms with Crippen LogP contribution in [0.3, 0.4) is 0 Å². The number of benzene rings is 1. The third-order valence-corrected chi connectivity index (χ3v) is 4.78. The minimum Gasteiger partial charge on any atom is -0.383 e. The monoisotopic (exact) mass is 378 g/mol. The van der Waals surface area contributed by atoms with E-state index in [2.05, 4.69) is 0 Å². The number of imide groups is 1. The zero-order chi connectivity index (χ0) is 18.8. The van der Waals surface area contributed by atoms with E-state index in [1.807, 2.05) is 18.7 Å². The summed E-state index contributed by atoms with van der Waals surface area (Å²) in [5.74, 6) is -0.575. The Balaban J connectivity index is 2.04. The number of halogens is 1. The Bertz CT molecular complexity index is 722. The van der Waals surface area contributed by atoms with Gasteiger partial charge in [0.25, 0.3) is 11.8 Å². The zero-order valence-electron chi connectivity index (χ0n) is 15.2. The number of hydrogen-bond donors (Lipinski definition) is 0. The summed E-state index contributed by atoms with van der Waals surface area (Å²) in [6.07, 6.45) is -0.0395. The molecule has 26 heavy (non-hydrogen) atoms. The van der Waals surface area contributed by atoms with Gasteiger partial charge in [0, 0.05) is 25.2 Å². The number of amides is 2. The molecule has 3 rings (SSSR count). The molecule has 1 aromatic rings. The molecule has 0 aliphatic carbocycles. The summed E-state index contributed by atoms with van der Waals surface area (Å²) in [6.45, 7) is 5.59. The highest BCUT2D eigenvalue weighted by Crippen LogP contribution is 2.33. The topological polar surface area (TPSA) is 59.1 Å². The molecule has 2 atom stereocenters. The van der Waals surface area contributed by atoms with Crippen LogP contribution in [-0.4, -0.2) is 67.2 Å². The van der Waals surface area contributed by atoms with Gasteiger partial charge in [0.05, 0.1) is 30.9 Å². The van der Waals surface area contributed by atoms with E-state index in [9.17, 15) is 9.59 Å². The van der Waals surface area contributed by atoms with Gasteiger partial charge in [-0.25, -0.2) is 0 Å². The van der Waals surface area contributed by atoms with E-state index in [0.717, 1.165) is 0 Å². The van der Waals surface area contributed by atoms with E-state index in [4.69, 9.17) is 21.1 Å². The van der Waals surface area contributed by atoms with E-state index < -0.39 is 0 Å². The zero-order valence-corrected chi connectivity index (χ0v) is 16.0. The SMILES string of the molecule is COCCN1C(=O)C(c2ccc(Cl)cc2)=C(N2CC(C)OC(C)C2)C1=O. The summed E-state index contributed by atoms with van der Waals surface area (Å²) < 4.78 is 10.8. The van der Waals surface area contributed by atoms with Gasteiger partial charge in [0.15, 0.2) is 0 Å². The van der Waals surface area contributed by atoms with E-state index >= 15 is 0 Å². The Hall–Kier alpha value is -1.89. The summed E-state index contributed by atoms with van der Waals surface area (Å²) in [5.41, 5.74) is 1.55. The molecule has 1 saturated heterocycles. The van der Waals surface area contributed by atoms with Crippen LogP contribution in [0.25, 0.3) is 5.57 Å². The summed E-state index contributed by atoms with van der Waals surface area (Å²) in [5, 5.41) is 0.581. The molecule has 2 aliphatic heterocycles. The normalized spacial score (nSPS) is 24.0. The van der Waals surface area contributed by atoms with Gasteiger partial charge in [-0.2, -0.15) is 0 Å². The maximum atomic E-state index is 13.1. The lowest BCUT2D eigenvalue weighted by Gasteiger charge is -2.37. The lowest BCUT2D eigenvalue weighted by atomic mass is 10.0. The standard InChI is InChI=1S/C19H23ClN2O4/c1-12-10-21(11-13(2)26-12)17-16(14-4-6-15(20)7-5-14)18(23)22(19(17)24)8-9-25-3/h4-7,12-13H,8-11H2,1-3H3. The second-order valence-electron chi connectivity index (χ2n) is 6.65. The maximum Gasteiger partial charge on any atom is 0.277 e. The third-order valence-electron chi connectivity index (χ3n) is 4.53. The van der Waals surface area contributed by atoms with Crippen LogP contribution in [0.1, 0.15) is 19.4 Å². The number of methoxy groups -OCH3 is 1. The minimum atomic E-state index is -0.295. The first-order valence-electron chi connectivity index (χ1n) is 8.68. The van der Waals surface area contributed by atoms with Crippen molar-refractivity contribution in [3.63, 3.8) is 0 Å². The predicted octanol–water partition coefficient (Wildman–Crippen LogP) is 2.18. The van der Waals surface area contributed by atoms with Crippen LogP contribution < -0.4 is 0 Å². The van der Waals surface area contributed by atoms with Gasteiger partial charge in [-0.1, -0.05) is 23.7 Å². The van der Waals surface area contributed by atoms with Crippen LogP contribution in [0.15, 0.2) is 30.0 Å². The van der Waals surface area contributed by atoms with Crippen LogP contribution >= 0.6 is 11.6 Å². The number of carbonyl (C=O) groups is 2. The number of hydrogen-bond acceptors (Lipinski definition) is 5. The molecule has 2 aliphatic rings. The molecular formula is C19H23ClN2O4. The van der Waals surface area contributed by atoms with Gasteiger partial charge in [-0.3, -0.25) is 14.5 Å². The average molecular weight is 379 g/mol. The van der Waals surface area contributed by atoms with Crippen LogP contribution in [0, 0.1) is 0 Å². The Labute approximate surface area is 158 Å². The van der Waals surface area contributed by atoms with Gasteiger partial charge in [0.1, 0.15) is 5.70 Å². The Morgan fingerprint density at radius 1 is 1.12 bits per heavy atom. The molecule has 0 bridgehead atoms. The molecule has 0 spiro atoms. The highest BCUT2D eigenvalue weighted by Gasteiger charge is 2.42. The van der Waals surface area contributed by atoms with Crippen molar-refractivity contribution < 1.29 is 19.1 Å². The van der Waals surface area contributed by atoms with Crippen molar-refractivity contribution in [3.05, 3.63) is 40.5 Å². The summed E-state index contributed by atoms with van der Waals surface area (Å²) in [7, 11) is 1.55. The van der Waals surface area contributed by atoms with Crippen molar-refractivity contribution in [1.29, 1.82) is 0 Å². The largest absolute Gasteiger partial charge is 0.383 e. The smallest absolute Gasteiger partial charge is 0.277 e. The number of nitrogens with zero attached hydrogens (tertiary/aromatic N) is 2. The molecule has 7 heteroatoms. The number of ether oxygens (including phenoxy) is 2. The summed E-state index contributed by atoms with van der Waals surface area (Å²) in [4.78, 5) is 29.3. The van der Waals surface area contributed by atoms with Crippen LogP contribution in [0.5, 0.6) is 0 Å². The molecule has 0 N–H and O–H groups in total. The Morgan fingerprint density at radius 3 is 2.31 bits per heavy atom. The van der Waals surface area contributed by atoms with Crippen LogP contribution in [-0.2, 0) is 19.1 Å². The minimum absolute atomic E-state index is 0.0198. The highest BCUT2D eigenvalue weighted by atomic mass is 35.5. The fourth-order valence-corrected chi connectivity index (χ4v) is 3.61. The van der Waals surface area contributed by atoms with E-state index in [-0.39, 0.29) is 30.6 Å². The van der Waals surface area contributed by atoms with Crippen LogP contribution in [0.2, 0.25) is 5.02 Å². The van der Waals surface area contributed by atoms with E-state index in [1.54, 1.807) is 31.4 Å². The van der Waals surface area contributed by atoms with Gasteiger partial charge < -0.3 is 14.4 Å². The van der Waals surface area contributed by atoms with Crippen molar-refractivity contribution >= 4 is 29.0 Å². The molecule has 0 radical (unpaired) electrons.